The zero-order valence-electron chi connectivity index (χ0n) is 9.44. The molecule has 0 aromatic heterocycles. The molecular formula is C12H22O. The number of unbranched alkanes of at least 4 members (excludes halogenated alkanes) is 3. The third kappa shape index (κ3) is 5.62. The third-order valence-electron chi connectivity index (χ3n) is 2.43. The first-order valence-electron chi connectivity index (χ1n) is 5.26. The van der Waals surface area contributed by atoms with Gasteiger partial charge in [0.15, 0.2) is 5.78 Å². The Balaban J connectivity index is 3.70. The predicted octanol–water partition coefficient (Wildman–Crippen LogP) is 3.88. The smallest absolute Gasteiger partial charge is 0.158 e. The summed E-state index contributed by atoms with van der Waals surface area (Å²) in [7, 11) is 0. The van der Waals surface area contributed by atoms with Crippen molar-refractivity contribution in [3.8, 4) is 0 Å². The van der Waals surface area contributed by atoms with Crippen LogP contribution >= 0.6 is 0 Å². The molecule has 0 saturated heterocycles. The summed E-state index contributed by atoms with van der Waals surface area (Å²) in [6, 6.07) is 0. The Morgan fingerprint density at radius 1 is 1.00 bits per heavy atom. The zero-order valence-corrected chi connectivity index (χ0v) is 9.44. The summed E-state index contributed by atoms with van der Waals surface area (Å²) >= 11 is 0. The summed E-state index contributed by atoms with van der Waals surface area (Å²) in [5.74, 6) is 0.330. The second-order valence-electron chi connectivity index (χ2n) is 3.86. The molecular weight excluding hydrogens is 160 g/mol. The van der Waals surface area contributed by atoms with Crippen molar-refractivity contribution in [3.05, 3.63) is 11.1 Å². The molecule has 0 aliphatic rings. The maximum atomic E-state index is 11.5. The van der Waals surface area contributed by atoms with Crippen molar-refractivity contribution >= 4 is 5.78 Å². The van der Waals surface area contributed by atoms with Crippen molar-refractivity contribution < 1.29 is 4.79 Å². The quantitative estimate of drug-likeness (QED) is 0.450. The molecule has 0 saturated carbocycles. The Labute approximate surface area is 82.2 Å². The number of Topliss-reactive ketones (excluding diaryl/α,β-unsaturated/α-hetero) is 1. The second-order valence-corrected chi connectivity index (χ2v) is 3.86. The van der Waals surface area contributed by atoms with Gasteiger partial charge >= 0.3 is 0 Å². The Hall–Kier alpha value is -0.590. The Morgan fingerprint density at radius 2 is 1.62 bits per heavy atom. The van der Waals surface area contributed by atoms with Crippen LogP contribution in [0.3, 0.4) is 0 Å². The molecule has 0 atom stereocenters. The van der Waals surface area contributed by atoms with Gasteiger partial charge in [-0.3, -0.25) is 4.79 Å². The van der Waals surface area contributed by atoms with Gasteiger partial charge in [0.05, 0.1) is 0 Å². The maximum absolute atomic E-state index is 11.5. The molecule has 0 spiro atoms. The van der Waals surface area contributed by atoms with Gasteiger partial charge < -0.3 is 0 Å². The molecule has 0 unspecified atom stereocenters. The molecule has 0 bridgehead atoms. The van der Waals surface area contributed by atoms with Gasteiger partial charge in [-0.25, -0.2) is 0 Å². The Kier molecular flexibility index (Phi) is 6.56. The number of rotatable bonds is 6. The number of hydrogen-bond acceptors (Lipinski definition) is 1. The standard InChI is InChI=1S/C12H22O/c1-5-6-7-8-9-12(13)11(4)10(2)3/h5-9H2,1-4H3. The van der Waals surface area contributed by atoms with Gasteiger partial charge in [-0.15, -0.1) is 0 Å². The lowest BCUT2D eigenvalue weighted by atomic mass is 10.0. The van der Waals surface area contributed by atoms with Crippen LogP contribution < -0.4 is 0 Å². The van der Waals surface area contributed by atoms with Gasteiger partial charge in [-0.1, -0.05) is 31.8 Å². The normalized spacial score (nSPS) is 9.85. The SMILES string of the molecule is CCCCCCC(=O)C(C)=C(C)C. The minimum atomic E-state index is 0.330. The number of allylic oxidation sites excluding steroid dienone is 2. The third-order valence-corrected chi connectivity index (χ3v) is 2.43. The number of ketones is 1. The molecule has 0 aromatic carbocycles. The predicted molar refractivity (Wildman–Crippen MR) is 57.8 cm³/mol. The number of carbonyl (C=O) groups excluding carboxylic acids is 1. The van der Waals surface area contributed by atoms with Crippen LogP contribution in [0.15, 0.2) is 11.1 Å². The van der Waals surface area contributed by atoms with E-state index in [1.807, 2.05) is 20.8 Å². The monoisotopic (exact) mass is 182 g/mol. The van der Waals surface area contributed by atoms with Gasteiger partial charge in [0.1, 0.15) is 0 Å². The Morgan fingerprint density at radius 3 is 2.08 bits per heavy atom. The van der Waals surface area contributed by atoms with Crippen molar-refractivity contribution in [2.75, 3.05) is 0 Å². The van der Waals surface area contributed by atoms with Crippen LogP contribution in [0.4, 0.5) is 0 Å². The first-order chi connectivity index (χ1) is 6.09. The maximum Gasteiger partial charge on any atom is 0.158 e. The molecule has 0 heterocycles. The Bertz CT molecular complexity index is 185. The molecule has 0 radical (unpaired) electrons. The molecule has 0 amide bonds. The number of hydrogen-bond donors (Lipinski definition) is 0. The molecule has 1 nitrogen and oxygen atoms in total. The van der Waals surface area contributed by atoms with Crippen LogP contribution in [0, 0.1) is 0 Å². The van der Waals surface area contributed by atoms with Crippen molar-refractivity contribution in [2.45, 2.75) is 59.8 Å². The molecule has 76 valence electrons. The highest BCUT2D eigenvalue weighted by Gasteiger charge is 2.04. The van der Waals surface area contributed by atoms with E-state index < -0.39 is 0 Å². The van der Waals surface area contributed by atoms with Crippen molar-refractivity contribution in [1.29, 1.82) is 0 Å². The molecule has 0 fully saturated rings. The molecule has 0 rings (SSSR count). The average molecular weight is 182 g/mol. The largest absolute Gasteiger partial charge is 0.295 e. The lowest BCUT2D eigenvalue weighted by Crippen LogP contribution is -2.00. The molecule has 13 heavy (non-hydrogen) atoms. The van der Waals surface area contributed by atoms with E-state index >= 15 is 0 Å². The first kappa shape index (κ1) is 12.4. The van der Waals surface area contributed by atoms with E-state index in [1.165, 1.54) is 19.3 Å². The van der Waals surface area contributed by atoms with Crippen LogP contribution in [0.5, 0.6) is 0 Å². The van der Waals surface area contributed by atoms with Crippen molar-refractivity contribution in [2.24, 2.45) is 0 Å². The summed E-state index contributed by atoms with van der Waals surface area (Å²) in [6.07, 6.45) is 5.46. The highest BCUT2D eigenvalue weighted by atomic mass is 16.1. The van der Waals surface area contributed by atoms with Crippen LogP contribution in [0.25, 0.3) is 0 Å². The first-order valence-corrected chi connectivity index (χ1v) is 5.26. The van der Waals surface area contributed by atoms with E-state index in [2.05, 4.69) is 6.92 Å². The topological polar surface area (TPSA) is 17.1 Å². The van der Waals surface area contributed by atoms with E-state index in [4.69, 9.17) is 0 Å². The van der Waals surface area contributed by atoms with Crippen LogP contribution in [0.2, 0.25) is 0 Å². The van der Waals surface area contributed by atoms with E-state index in [0.29, 0.717) is 5.78 Å². The van der Waals surface area contributed by atoms with Crippen LogP contribution in [0.1, 0.15) is 59.8 Å². The fourth-order valence-corrected chi connectivity index (χ4v) is 1.18. The van der Waals surface area contributed by atoms with Gasteiger partial charge in [-0.05, 0) is 32.8 Å². The summed E-state index contributed by atoms with van der Waals surface area (Å²) in [5.41, 5.74) is 2.11. The zero-order chi connectivity index (χ0) is 10.3. The van der Waals surface area contributed by atoms with Gasteiger partial charge in [0, 0.05) is 6.42 Å². The lowest BCUT2D eigenvalue weighted by molar-refractivity contribution is -0.115. The summed E-state index contributed by atoms with van der Waals surface area (Å²) in [4.78, 5) is 11.5. The van der Waals surface area contributed by atoms with E-state index in [9.17, 15) is 4.79 Å². The minimum absolute atomic E-state index is 0.330. The summed E-state index contributed by atoms with van der Waals surface area (Å²) in [6.45, 7) is 8.11. The van der Waals surface area contributed by atoms with E-state index in [-0.39, 0.29) is 0 Å². The second kappa shape index (κ2) is 6.88. The fraction of sp³-hybridized carbons (Fsp3) is 0.750. The van der Waals surface area contributed by atoms with Crippen LogP contribution in [-0.4, -0.2) is 5.78 Å². The molecule has 0 aliphatic heterocycles. The number of carbonyl (C=O) groups is 1. The van der Waals surface area contributed by atoms with Crippen LogP contribution in [-0.2, 0) is 4.79 Å². The van der Waals surface area contributed by atoms with Crippen molar-refractivity contribution in [3.63, 3.8) is 0 Å². The fourth-order valence-electron chi connectivity index (χ4n) is 1.18. The molecule has 0 aromatic rings. The van der Waals surface area contributed by atoms with E-state index in [0.717, 1.165) is 24.0 Å². The van der Waals surface area contributed by atoms with E-state index in [1.54, 1.807) is 0 Å². The highest BCUT2D eigenvalue weighted by Crippen LogP contribution is 2.10. The van der Waals surface area contributed by atoms with Gasteiger partial charge in [-0.2, -0.15) is 0 Å². The lowest BCUT2D eigenvalue weighted by Gasteiger charge is -2.02. The molecule has 0 N–H and O–H groups in total. The summed E-state index contributed by atoms with van der Waals surface area (Å²) in [5, 5.41) is 0. The van der Waals surface area contributed by atoms with Crippen molar-refractivity contribution in [1.82, 2.24) is 0 Å². The minimum Gasteiger partial charge on any atom is -0.295 e. The van der Waals surface area contributed by atoms with Gasteiger partial charge in [0.2, 0.25) is 0 Å². The highest BCUT2D eigenvalue weighted by molar-refractivity contribution is 5.95. The molecule has 1 heteroatoms. The average Bonchev–Trinajstić information content (AvgIpc) is 2.10. The molecule has 0 aliphatic carbocycles. The van der Waals surface area contributed by atoms with Gasteiger partial charge in [0.25, 0.3) is 0 Å². The summed E-state index contributed by atoms with van der Waals surface area (Å²) < 4.78 is 0.